The fourth-order valence-corrected chi connectivity index (χ4v) is 2.00. The second-order valence-corrected chi connectivity index (χ2v) is 3.86. The van der Waals surface area contributed by atoms with Crippen molar-refractivity contribution in [1.82, 2.24) is 0 Å². The first-order chi connectivity index (χ1) is 4.33. The average Bonchev–Trinajstić information content (AvgIpc) is 2.17. The summed E-state index contributed by atoms with van der Waals surface area (Å²) in [6.45, 7) is 0.744. The molecular weight excluding hydrogens is 332 g/mol. The van der Waals surface area contributed by atoms with Crippen molar-refractivity contribution in [2.75, 3.05) is 6.61 Å². The van der Waals surface area contributed by atoms with Gasteiger partial charge in [-0.2, -0.15) is 0 Å². The predicted molar refractivity (Wildman–Crippen MR) is 35.5 cm³/mol. The molecule has 2 atom stereocenters. The quantitative estimate of drug-likeness (QED) is 0.548. The van der Waals surface area contributed by atoms with Gasteiger partial charge in [0.15, 0.2) is 0 Å². The van der Waals surface area contributed by atoms with E-state index in [1.165, 1.54) is 0 Å². The molecule has 4 heteroatoms. The van der Waals surface area contributed by atoms with Crippen LogP contribution in [0.3, 0.4) is 0 Å². The van der Waals surface area contributed by atoms with Gasteiger partial charge in [0.05, 0.1) is 0 Å². The van der Waals surface area contributed by atoms with Crippen molar-refractivity contribution in [3.63, 3.8) is 0 Å². The molecule has 1 rings (SSSR count). The van der Waals surface area contributed by atoms with E-state index in [2.05, 4.69) is 0 Å². The van der Waals surface area contributed by atoms with Crippen LogP contribution in [0.1, 0.15) is 12.8 Å². The fraction of sp³-hybridized carbons (Fsp3) is 1.00. The van der Waals surface area contributed by atoms with Crippen LogP contribution in [0.2, 0.25) is 0 Å². The molecule has 0 aromatic heterocycles. The van der Waals surface area contributed by atoms with Crippen molar-refractivity contribution in [3.8, 4) is 0 Å². The van der Waals surface area contributed by atoms with E-state index in [9.17, 15) is 0 Å². The Morgan fingerprint density at radius 1 is 1.67 bits per heavy atom. The maximum atomic E-state index is 5.68. The minimum absolute atomic E-state index is 0.0600. The normalized spacial score (nSPS) is 35.1. The average molecular weight is 340 g/mol. The van der Waals surface area contributed by atoms with Crippen molar-refractivity contribution in [2.45, 2.75) is 24.5 Å². The van der Waals surface area contributed by atoms with Crippen molar-refractivity contribution in [3.05, 3.63) is 0 Å². The molecule has 1 aliphatic heterocycles. The Morgan fingerprint density at radius 3 is 2.89 bits per heavy atom. The molecule has 2 nitrogen and oxygen atoms in total. The van der Waals surface area contributed by atoms with Gasteiger partial charge in [-0.25, -0.2) is 0 Å². The van der Waals surface area contributed by atoms with E-state index in [0.717, 1.165) is 19.4 Å². The van der Waals surface area contributed by atoms with Gasteiger partial charge in [0.2, 0.25) is 0 Å². The van der Waals surface area contributed by atoms with Gasteiger partial charge in [0.25, 0.3) is 0 Å². The summed E-state index contributed by atoms with van der Waals surface area (Å²) in [6.07, 6.45) is 2.30. The summed E-state index contributed by atoms with van der Waals surface area (Å²) in [6, 6.07) is 0. The number of hydrogen-bond acceptors (Lipinski definition) is 2. The van der Waals surface area contributed by atoms with E-state index in [1.54, 1.807) is 0 Å². The van der Waals surface area contributed by atoms with Crippen LogP contribution in [0.15, 0.2) is 0 Å². The van der Waals surface area contributed by atoms with Crippen molar-refractivity contribution in [1.29, 1.82) is 0 Å². The summed E-state index contributed by atoms with van der Waals surface area (Å²) in [5, 5.41) is 0. The standard InChI is InChI=1S/C5H8ClO2.Tl/c6-5-2-1-4(3-7)8-5;/h4-5H,1-3H2;/q-1;+1. The molecule has 0 aromatic carbocycles. The Kier molecular flexibility index (Phi) is 3.75. The van der Waals surface area contributed by atoms with Gasteiger partial charge in [-0.05, 0) is 0 Å². The second-order valence-electron chi connectivity index (χ2n) is 2.08. The van der Waals surface area contributed by atoms with Crippen LogP contribution in [0.5, 0.6) is 0 Å². The predicted octanol–water partition coefficient (Wildman–Crippen LogP) is 0.830. The second kappa shape index (κ2) is 4.10. The molecule has 0 spiro atoms. The van der Waals surface area contributed by atoms with Crippen LogP contribution >= 0.6 is 11.6 Å². The monoisotopic (exact) mass is 340 g/mol. The molecule has 0 saturated carbocycles. The van der Waals surface area contributed by atoms with Gasteiger partial charge in [-0.1, -0.05) is 0 Å². The summed E-state index contributed by atoms with van der Waals surface area (Å²) in [4.78, 5) is 0. The zero-order valence-corrected chi connectivity index (χ0v) is 10.3. The molecule has 0 N–H and O–H groups in total. The van der Waals surface area contributed by atoms with E-state index < -0.39 is 0 Å². The summed E-state index contributed by atoms with van der Waals surface area (Å²) in [7, 11) is 0. The molecule has 2 unspecified atom stereocenters. The minimum atomic E-state index is -0.0600. The SMILES string of the molecule is ClC1CCC(C[O][Tl])O1. The van der Waals surface area contributed by atoms with Gasteiger partial charge in [0, 0.05) is 0 Å². The van der Waals surface area contributed by atoms with E-state index in [0.29, 0.717) is 26.2 Å². The number of halogens is 1. The summed E-state index contributed by atoms with van der Waals surface area (Å²) >= 11 is 6.30. The first kappa shape index (κ1) is 8.23. The summed E-state index contributed by atoms with van der Waals surface area (Å²) < 4.78 is 10.3. The molecule has 0 amide bonds. The molecule has 0 radical (unpaired) electrons. The Labute approximate surface area is 76.2 Å². The van der Waals surface area contributed by atoms with Crippen molar-refractivity contribution in [2.24, 2.45) is 0 Å². The first-order valence-electron chi connectivity index (χ1n) is 2.94. The number of ether oxygens (including phenoxy) is 1. The molecular formula is C5H8ClO2Tl. The Balaban J connectivity index is 2.14. The number of rotatable bonds is 2. The Hall–Kier alpha value is 1.13. The zero-order valence-electron chi connectivity index (χ0n) is 5.05. The van der Waals surface area contributed by atoms with Crippen LogP contribution in [-0.2, 0) is 7.42 Å². The van der Waals surface area contributed by atoms with Gasteiger partial charge >= 0.3 is 76.4 Å². The Bertz CT molecular complexity index is 89.0. The molecule has 9 heavy (non-hydrogen) atoms. The topological polar surface area (TPSA) is 18.5 Å². The van der Waals surface area contributed by atoms with E-state index >= 15 is 0 Å². The van der Waals surface area contributed by atoms with E-state index in [1.807, 2.05) is 0 Å². The van der Waals surface area contributed by atoms with Crippen molar-refractivity contribution < 1.29 is 7.42 Å². The van der Waals surface area contributed by atoms with Crippen LogP contribution in [0, 0.1) is 0 Å². The molecule has 1 heterocycles. The molecule has 1 aliphatic rings. The Morgan fingerprint density at radius 2 is 2.44 bits per heavy atom. The van der Waals surface area contributed by atoms with Gasteiger partial charge in [-0.15, -0.1) is 0 Å². The molecule has 1 saturated heterocycles. The number of hydrogen-bond donors (Lipinski definition) is 0. The van der Waals surface area contributed by atoms with E-state index in [-0.39, 0.29) is 11.7 Å². The summed E-state index contributed by atoms with van der Waals surface area (Å²) in [5.41, 5.74) is -0.0600. The zero-order chi connectivity index (χ0) is 6.69. The van der Waals surface area contributed by atoms with Crippen LogP contribution in [-0.4, -0.2) is 44.5 Å². The third-order valence-electron chi connectivity index (χ3n) is 1.34. The van der Waals surface area contributed by atoms with Crippen molar-refractivity contribution >= 4 is 37.8 Å². The third-order valence-corrected chi connectivity index (χ3v) is 2.41. The molecule has 0 aliphatic carbocycles. The number of alkyl halides is 1. The van der Waals surface area contributed by atoms with Gasteiger partial charge < -0.3 is 0 Å². The summed E-state index contributed by atoms with van der Waals surface area (Å²) in [5.74, 6) is 0. The van der Waals surface area contributed by atoms with Crippen LogP contribution in [0.25, 0.3) is 0 Å². The van der Waals surface area contributed by atoms with Crippen LogP contribution in [0.4, 0.5) is 0 Å². The molecule has 50 valence electrons. The molecule has 0 bridgehead atoms. The maximum absolute atomic E-state index is 5.68. The van der Waals surface area contributed by atoms with Gasteiger partial charge in [0.1, 0.15) is 0 Å². The molecule has 1 fully saturated rings. The van der Waals surface area contributed by atoms with Gasteiger partial charge in [-0.3, -0.25) is 0 Å². The van der Waals surface area contributed by atoms with E-state index in [4.69, 9.17) is 19.0 Å². The molecule has 0 aromatic rings. The third kappa shape index (κ3) is 2.69. The van der Waals surface area contributed by atoms with Crippen LogP contribution < -0.4 is 0 Å². The fourth-order valence-electron chi connectivity index (χ4n) is 0.892. The first-order valence-corrected chi connectivity index (χ1v) is 5.21.